The van der Waals surface area contributed by atoms with Crippen LogP contribution in [0.4, 0.5) is 4.39 Å². The molecule has 0 saturated carbocycles. The second kappa shape index (κ2) is 5.16. The number of halogens is 2. The van der Waals surface area contributed by atoms with Crippen LogP contribution in [0, 0.1) is 11.7 Å². The predicted molar refractivity (Wildman–Crippen MR) is 74.7 cm³/mol. The van der Waals surface area contributed by atoms with Crippen LogP contribution in [0.3, 0.4) is 0 Å². The van der Waals surface area contributed by atoms with E-state index in [1.54, 1.807) is 4.90 Å². The third-order valence-electron chi connectivity index (χ3n) is 4.03. The molecule has 0 bridgehead atoms. The SMILES string of the molecule is O=C1NCC2C1CCCN2C(=O)c1ccc(F)c(Br)c1. The summed E-state index contributed by atoms with van der Waals surface area (Å²) in [5, 5.41) is 2.82. The molecule has 20 heavy (non-hydrogen) atoms. The number of fused-ring (bicyclic) bond motifs is 1. The molecule has 2 unspecified atom stereocenters. The molecule has 2 aliphatic heterocycles. The normalized spacial score (nSPS) is 25.3. The van der Waals surface area contributed by atoms with Crippen LogP contribution in [0.5, 0.6) is 0 Å². The highest BCUT2D eigenvalue weighted by molar-refractivity contribution is 9.10. The van der Waals surface area contributed by atoms with E-state index >= 15 is 0 Å². The number of hydrogen-bond donors (Lipinski definition) is 1. The minimum absolute atomic E-state index is 0.0350. The lowest BCUT2D eigenvalue weighted by molar-refractivity contribution is -0.123. The van der Waals surface area contributed by atoms with Crippen molar-refractivity contribution < 1.29 is 14.0 Å². The molecule has 2 amide bonds. The average molecular weight is 341 g/mol. The van der Waals surface area contributed by atoms with Gasteiger partial charge in [0.2, 0.25) is 5.91 Å². The Morgan fingerprint density at radius 2 is 2.25 bits per heavy atom. The van der Waals surface area contributed by atoms with E-state index in [1.807, 2.05) is 0 Å². The summed E-state index contributed by atoms with van der Waals surface area (Å²) >= 11 is 3.09. The van der Waals surface area contributed by atoms with Gasteiger partial charge in [0.1, 0.15) is 5.82 Å². The molecule has 106 valence electrons. The van der Waals surface area contributed by atoms with Gasteiger partial charge in [0.25, 0.3) is 5.91 Å². The van der Waals surface area contributed by atoms with Crippen LogP contribution in [0.2, 0.25) is 0 Å². The molecule has 2 heterocycles. The van der Waals surface area contributed by atoms with E-state index in [2.05, 4.69) is 21.2 Å². The number of hydrogen-bond acceptors (Lipinski definition) is 2. The first-order valence-electron chi connectivity index (χ1n) is 6.61. The first-order chi connectivity index (χ1) is 9.58. The zero-order valence-electron chi connectivity index (χ0n) is 10.7. The summed E-state index contributed by atoms with van der Waals surface area (Å²) in [6.45, 7) is 1.15. The summed E-state index contributed by atoms with van der Waals surface area (Å²) in [5.41, 5.74) is 0.443. The van der Waals surface area contributed by atoms with Crippen LogP contribution >= 0.6 is 15.9 Å². The molecule has 1 aromatic carbocycles. The highest BCUT2D eigenvalue weighted by Crippen LogP contribution is 2.29. The van der Waals surface area contributed by atoms with Crippen LogP contribution in [0.1, 0.15) is 23.2 Å². The molecule has 0 radical (unpaired) electrons. The smallest absolute Gasteiger partial charge is 0.254 e. The maximum absolute atomic E-state index is 13.2. The molecular weight excluding hydrogens is 327 g/mol. The molecule has 0 aliphatic carbocycles. The Hall–Kier alpha value is -1.43. The summed E-state index contributed by atoms with van der Waals surface area (Å²) in [6.07, 6.45) is 1.65. The fraction of sp³-hybridized carbons (Fsp3) is 0.429. The van der Waals surface area contributed by atoms with Gasteiger partial charge in [-0.2, -0.15) is 0 Å². The number of benzene rings is 1. The van der Waals surface area contributed by atoms with E-state index in [-0.39, 0.29) is 28.2 Å². The number of carbonyl (C=O) groups is 2. The van der Waals surface area contributed by atoms with Crippen molar-refractivity contribution in [3.05, 3.63) is 34.1 Å². The second-order valence-corrected chi connectivity index (χ2v) is 6.04. The zero-order chi connectivity index (χ0) is 14.3. The Labute approximate surface area is 124 Å². The molecule has 2 aliphatic rings. The topological polar surface area (TPSA) is 49.4 Å². The van der Waals surface area contributed by atoms with Crippen molar-refractivity contribution in [1.29, 1.82) is 0 Å². The second-order valence-electron chi connectivity index (χ2n) is 5.19. The van der Waals surface area contributed by atoms with Gasteiger partial charge in [0, 0.05) is 18.7 Å². The van der Waals surface area contributed by atoms with E-state index in [1.165, 1.54) is 18.2 Å². The number of likely N-dealkylation sites (tertiary alicyclic amines) is 1. The zero-order valence-corrected chi connectivity index (χ0v) is 12.3. The molecule has 2 saturated heterocycles. The van der Waals surface area contributed by atoms with Gasteiger partial charge < -0.3 is 10.2 Å². The summed E-state index contributed by atoms with van der Waals surface area (Å²) in [6, 6.07) is 4.17. The minimum atomic E-state index is -0.393. The van der Waals surface area contributed by atoms with Crippen LogP contribution in [0.15, 0.2) is 22.7 Å². The van der Waals surface area contributed by atoms with Gasteiger partial charge in [-0.1, -0.05) is 0 Å². The van der Waals surface area contributed by atoms with Gasteiger partial charge in [-0.05, 0) is 47.0 Å². The lowest BCUT2D eigenvalue weighted by Gasteiger charge is -2.36. The monoisotopic (exact) mass is 340 g/mol. The number of nitrogens with one attached hydrogen (secondary N) is 1. The van der Waals surface area contributed by atoms with Crippen molar-refractivity contribution in [3.8, 4) is 0 Å². The van der Waals surface area contributed by atoms with E-state index in [0.29, 0.717) is 18.7 Å². The molecule has 3 rings (SSSR count). The summed E-state index contributed by atoms with van der Waals surface area (Å²) in [5.74, 6) is -0.600. The van der Waals surface area contributed by atoms with Gasteiger partial charge in [0.05, 0.1) is 16.4 Å². The molecule has 2 atom stereocenters. The van der Waals surface area contributed by atoms with Crippen molar-refractivity contribution in [1.82, 2.24) is 10.2 Å². The lowest BCUT2D eigenvalue weighted by Crippen LogP contribution is -2.48. The van der Waals surface area contributed by atoms with Gasteiger partial charge in [-0.15, -0.1) is 0 Å². The summed E-state index contributed by atoms with van der Waals surface area (Å²) < 4.78 is 13.5. The Morgan fingerprint density at radius 3 is 3.00 bits per heavy atom. The van der Waals surface area contributed by atoms with Crippen LogP contribution < -0.4 is 5.32 Å². The Kier molecular flexibility index (Phi) is 3.50. The van der Waals surface area contributed by atoms with Gasteiger partial charge >= 0.3 is 0 Å². The maximum Gasteiger partial charge on any atom is 0.254 e. The molecular formula is C14H14BrFN2O2. The average Bonchev–Trinajstić information content (AvgIpc) is 2.83. The van der Waals surface area contributed by atoms with Crippen molar-refractivity contribution in [3.63, 3.8) is 0 Å². The van der Waals surface area contributed by atoms with Gasteiger partial charge in [-0.3, -0.25) is 9.59 Å². The first-order valence-corrected chi connectivity index (χ1v) is 7.41. The molecule has 6 heteroatoms. The van der Waals surface area contributed by atoms with E-state index in [0.717, 1.165) is 12.8 Å². The molecule has 4 nitrogen and oxygen atoms in total. The number of piperidine rings is 1. The lowest BCUT2D eigenvalue weighted by atomic mass is 9.91. The fourth-order valence-electron chi connectivity index (χ4n) is 3.00. The van der Waals surface area contributed by atoms with E-state index < -0.39 is 5.82 Å². The summed E-state index contributed by atoms with van der Waals surface area (Å²) in [4.78, 5) is 26.0. The summed E-state index contributed by atoms with van der Waals surface area (Å²) in [7, 11) is 0. The largest absolute Gasteiger partial charge is 0.354 e. The van der Waals surface area contributed by atoms with E-state index in [4.69, 9.17) is 0 Å². The highest BCUT2D eigenvalue weighted by atomic mass is 79.9. The molecule has 0 spiro atoms. The Balaban J connectivity index is 1.86. The third kappa shape index (κ3) is 2.22. The predicted octanol–water partition coefficient (Wildman–Crippen LogP) is 1.94. The Morgan fingerprint density at radius 1 is 1.45 bits per heavy atom. The quantitative estimate of drug-likeness (QED) is 0.849. The van der Waals surface area contributed by atoms with Gasteiger partial charge in [0.15, 0.2) is 0 Å². The molecule has 2 fully saturated rings. The molecule has 0 aromatic heterocycles. The molecule has 1 aromatic rings. The standard InChI is InChI=1S/C14H14BrFN2O2/c15-10-6-8(3-4-11(10)16)14(20)18-5-1-2-9-12(18)7-17-13(9)19/h3-4,6,9,12H,1-2,5,7H2,(H,17,19). The van der Waals surface area contributed by atoms with E-state index in [9.17, 15) is 14.0 Å². The van der Waals surface area contributed by atoms with Gasteiger partial charge in [-0.25, -0.2) is 4.39 Å². The number of carbonyl (C=O) groups excluding carboxylic acids is 2. The van der Waals surface area contributed by atoms with Crippen molar-refractivity contribution >= 4 is 27.7 Å². The highest BCUT2D eigenvalue weighted by Gasteiger charge is 2.42. The fourth-order valence-corrected chi connectivity index (χ4v) is 3.38. The first kappa shape index (κ1) is 13.5. The van der Waals surface area contributed by atoms with Crippen LogP contribution in [-0.2, 0) is 4.79 Å². The number of amides is 2. The number of nitrogens with zero attached hydrogens (tertiary/aromatic N) is 1. The minimum Gasteiger partial charge on any atom is -0.354 e. The molecule has 1 N–H and O–H groups in total. The number of rotatable bonds is 1. The third-order valence-corrected chi connectivity index (χ3v) is 4.64. The van der Waals surface area contributed by atoms with Crippen molar-refractivity contribution in [2.75, 3.05) is 13.1 Å². The van der Waals surface area contributed by atoms with Crippen LogP contribution in [0.25, 0.3) is 0 Å². The van der Waals surface area contributed by atoms with Crippen molar-refractivity contribution in [2.24, 2.45) is 5.92 Å². The Bertz CT molecular complexity index is 578. The maximum atomic E-state index is 13.2. The van der Waals surface area contributed by atoms with Crippen LogP contribution in [-0.4, -0.2) is 35.8 Å². The van der Waals surface area contributed by atoms with Crippen molar-refractivity contribution in [2.45, 2.75) is 18.9 Å².